The number of carbonyl (C=O) groups excluding carboxylic acids is 3. The van der Waals surface area contributed by atoms with E-state index in [1.165, 1.54) is 4.90 Å². The Morgan fingerprint density at radius 2 is 1.31 bits per heavy atom. The van der Waals surface area contributed by atoms with Crippen LogP contribution in [0.4, 0.5) is 5.69 Å². The van der Waals surface area contributed by atoms with Crippen molar-refractivity contribution in [1.29, 1.82) is 0 Å². The zero-order valence-electron chi connectivity index (χ0n) is 17.7. The molecular weight excluding hydrogens is 618 g/mol. The molecule has 1 fully saturated rings. The number of hydrogen-bond donors (Lipinski definition) is 0. The summed E-state index contributed by atoms with van der Waals surface area (Å²) in [5.41, 5.74) is 0.859. The first-order valence-corrected chi connectivity index (χ1v) is 12.7. The third-order valence-electron chi connectivity index (χ3n) is 6.32. The molecule has 2 atom stereocenters. The maximum Gasteiger partial charge on any atom is 0.264 e. The van der Waals surface area contributed by atoms with Crippen molar-refractivity contribution in [2.75, 3.05) is 11.7 Å². The summed E-state index contributed by atoms with van der Waals surface area (Å²) in [7, 11) is 0. The van der Waals surface area contributed by atoms with Crippen LogP contribution in [0.25, 0.3) is 0 Å². The second-order valence-electron chi connectivity index (χ2n) is 8.17. The van der Waals surface area contributed by atoms with E-state index >= 15 is 0 Å². The van der Waals surface area contributed by atoms with Crippen molar-refractivity contribution in [3.8, 4) is 11.5 Å². The summed E-state index contributed by atoms with van der Waals surface area (Å²) in [6, 6.07) is 10.4. The maximum absolute atomic E-state index is 13.6. The maximum atomic E-state index is 13.6. The van der Waals surface area contributed by atoms with E-state index in [0.717, 1.165) is 9.37 Å². The van der Waals surface area contributed by atoms with Gasteiger partial charge in [-0.2, -0.15) is 0 Å². The standard InChI is InChI=1S/C24H11BrCl4N2O5/c25-10-2-4-11(5-3-10)30-20(9-1-6-12-13(7-9)36-8-35-12)21(24(30)34)31-22(32)14-15(23(31)33)17(27)19(29)18(28)16(14)26/h1-7,20-21H,8H2/t20-,21+/m1/s1. The molecule has 36 heavy (non-hydrogen) atoms. The third kappa shape index (κ3) is 3.28. The molecule has 3 aromatic carbocycles. The minimum absolute atomic E-state index is 0.0686. The summed E-state index contributed by atoms with van der Waals surface area (Å²) in [6.45, 7) is 0.0686. The molecule has 3 aliphatic rings. The van der Waals surface area contributed by atoms with E-state index in [1.54, 1.807) is 42.5 Å². The summed E-state index contributed by atoms with van der Waals surface area (Å²) >= 11 is 28.3. The Morgan fingerprint density at radius 3 is 1.92 bits per heavy atom. The lowest BCUT2D eigenvalue weighted by Gasteiger charge is -2.49. The van der Waals surface area contributed by atoms with Crippen molar-refractivity contribution >= 4 is 85.7 Å². The fourth-order valence-corrected chi connectivity index (χ4v) is 5.94. The van der Waals surface area contributed by atoms with Crippen LogP contribution in [0.3, 0.4) is 0 Å². The molecule has 0 bridgehead atoms. The van der Waals surface area contributed by atoms with Crippen molar-refractivity contribution in [2.24, 2.45) is 0 Å². The van der Waals surface area contributed by atoms with Crippen molar-refractivity contribution in [1.82, 2.24) is 4.90 Å². The monoisotopic (exact) mass is 626 g/mol. The molecule has 7 nitrogen and oxygen atoms in total. The first-order chi connectivity index (χ1) is 17.2. The molecule has 6 rings (SSSR count). The number of benzene rings is 3. The number of imide groups is 1. The fraction of sp³-hybridized carbons (Fsp3) is 0.125. The van der Waals surface area contributed by atoms with Gasteiger partial charge in [0.2, 0.25) is 6.79 Å². The highest BCUT2D eigenvalue weighted by Crippen LogP contribution is 2.50. The number of halogens is 5. The Labute approximate surface area is 232 Å². The van der Waals surface area contributed by atoms with Gasteiger partial charge in [0.25, 0.3) is 17.7 Å². The normalized spacial score (nSPS) is 20.2. The number of amides is 3. The highest BCUT2D eigenvalue weighted by atomic mass is 79.9. The van der Waals surface area contributed by atoms with Crippen LogP contribution in [-0.2, 0) is 4.79 Å². The molecule has 3 heterocycles. The first kappa shape index (κ1) is 23.9. The molecule has 0 spiro atoms. The lowest BCUT2D eigenvalue weighted by molar-refractivity contribution is -0.130. The molecule has 3 aromatic rings. The SMILES string of the molecule is O=C1c2c(Cl)c(Cl)c(Cl)c(Cl)c2C(=O)N1[C@@H]1C(=O)N(c2ccc(Br)cc2)[C@@H]1c1ccc2c(c1)OCO2. The van der Waals surface area contributed by atoms with Crippen LogP contribution in [0.5, 0.6) is 11.5 Å². The van der Waals surface area contributed by atoms with Gasteiger partial charge in [0.05, 0.1) is 37.3 Å². The minimum Gasteiger partial charge on any atom is -0.454 e. The Kier molecular flexibility index (Phi) is 5.66. The molecule has 3 aliphatic heterocycles. The number of nitrogens with zero attached hydrogens (tertiary/aromatic N) is 2. The highest BCUT2D eigenvalue weighted by Gasteiger charge is 2.58. The van der Waals surface area contributed by atoms with Crippen LogP contribution in [0.15, 0.2) is 46.9 Å². The van der Waals surface area contributed by atoms with Gasteiger partial charge in [-0.05, 0) is 42.0 Å². The minimum atomic E-state index is -1.17. The summed E-state index contributed by atoms with van der Waals surface area (Å²) in [6.07, 6.45) is 0. The van der Waals surface area contributed by atoms with Crippen molar-refractivity contribution < 1.29 is 23.9 Å². The van der Waals surface area contributed by atoms with E-state index in [2.05, 4.69) is 15.9 Å². The van der Waals surface area contributed by atoms with Crippen LogP contribution in [0, 0.1) is 0 Å². The molecular formula is C24H11BrCl4N2O5. The van der Waals surface area contributed by atoms with E-state index in [1.807, 2.05) is 0 Å². The zero-order chi connectivity index (χ0) is 25.5. The van der Waals surface area contributed by atoms with E-state index in [0.29, 0.717) is 22.7 Å². The predicted molar refractivity (Wildman–Crippen MR) is 138 cm³/mol. The second kappa shape index (κ2) is 8.53. The molecule has 0 saturated carbocycles. The number of rotatable bonds is 3. The van der Waals surface area contributed by atoms with E-state index in [-0.39, 0.29) is 38.0 Å². The summed E-state index contributed by atoms with van der Waals surface area (Å²) in [4.78, 5) is 43.0. The number of β-lactam (4-membered cyclic amide) rings is 1. The van der Waals surface area contributed by atoms with Crippen LogP contribution in [0.1, 0.15) is 32.3 Å². The highest BCUT2D eigenvalue weighted by molar-refractivity contribution is 9.10. The Bertz CT molecular complexity index is 1470. The largest absolute Gasteiger partial charge is 0.454 e. The lowest BCUT2D eigenvalue weighted by atomic mass is 9.86. The molecule has 182 valence electrons. The average Bonchev–Trinajstić information content (AvgIpc) is 3.43. The smallest absolute Gasteiger partial charge is 0.264 e. The zero-order valence-corrected chi connectivity index (χ0v) is 22.3. The second-order valence-corrected chi connectivity index (χ2v) is 10.6. The number of hydrogen-bond acceptors (Lipinski definition) is 5. The number of anilines is 1. The third-order valence-corrected chi connectivity index (χ3v) is 8.65. The van der Waals surface area contributed by atoms with Gasteiger partial charge in [-0.3, -0.25) is 19.3 Å². The van der Waals surface area contributed by atoms with E-state index < -0.39 is 29.8 Å². The van der Waals surface area contributed by atoms with Crippen LogP contribution in [-0.4, -0.2) is 35.5 Å². The Balaban J connectivity index is 1.48. The molecule has 0 aliphatic carbocycles. The average molecular weight is 629 g/mol. The van der Waals surface area contributed by atoms with E-state index in [4.69, 9.17) is 55.9 Å². The lowest BCUT2D eigenvalue weighted by Crippen LogP contribution is -2.67. The van der Waals surface area contributed by atoms with Crippen LogP contribution >= 0.6 is 62.3 Å². The van der Waals surface area contributed by atoms with Gasteiger partial charge in [-0.25, -0.2) is 0 Å². The number of carbonyl (C=O) groups is 3. The van der Waals surface area contributed by atoms with Gasteiger partial charge in [-0.1, -0.05) is 68.4 Å². The topological polar surface area (TPSA) is 76.2 Å². The summed E-state index contributed by atoms with van der Waals surface area (Å²) < 4.78 is 11.7. The molecule has 1 saturated heterocycles. The molecule has 0 aromatic heterocycles. The van der Waals surface area contributed by atoms with E-state index in [9.17, 15) is 14.4 Å². The molecule has 12 heteroatoms. The van der Waals surface area contributed by atoms with Gasteiger partial charge in [0.15, 0.2) is 11.5 Å². The summed E-state index contributed by atoms with van der Waals surface area (Å²) in [5, 5.41) is -0.682. The molecule has 3 amide bonds. The van der Waals surface area contributed by atoms with Crippen molar-refractivity contribution in [3.05, 3.63) is 83.7 Å². The molecule has 0 unspecified atom stereocenters. The summed E-state index contributed by atoms with van der Waals surface area (Å²) in [5.74, 6) is -0.966. The molecule has 0 N–H and O–H groups in total. The van der Waals surface area contributed by atoms with Crippen LogP contribution < -0.4 is 14.4 Å². The quantitative estimate of drug-likeness (QED) is 0.142. The van der Waals surface area contributed by atoms with Gasteiger partial charge in [0.1, 0.15) is 6.04 Å². The van der Waals surface area contributed by atoms with Crippen LogP contribution in [0.2, 0.25) is 20.1 Å². The van der Waals surface area contributed by atoms with Gasteiger partial charge >= 0.3 is 0 Å². The number of ether oxygens (including phenoxy) is 2. The van der Waals surface area contributed by atoms with Gasteiger partial charge in [0, 0.05) is 10.2 Å². The predicted octanol–water partition coefficient (Wildman–Crippen LogP) is 6.54. The van der Waals surface area contributed by atoms with Crippen molar-refractivity contribution in [3.63, 3.8) is 0 Å². The van der Waals surface area contributed by atoms with Gasteiger partial charge in [-0.15, -0.1) is 0 Å². The molecule has 0 radical (unpaired) electrons. The number of fused-ring (bicyclic) bond motifs is 2. The fourth-order valence-electron chi connectivity index (χ4n) is 4.66. The first-order valence-electron chi connectivity index (χ1n) is 10.4. The Hall–Kier alpha value is -2.49. The Morgan fingerprint density at radius 1 is 0.722 bits per heavy atom. The van der Waals surface area contributed by atoms with Crippen molar-refractivity contribution in [2.45, 2.75) is 12.1 Å². The van der Waals surface area contributed by atoms with Gasteiger partial charge < -0.3 is 14.4 Å².